The molecule has 2 amide bonds. The molecule has 0 radical (unpaired) electrons. The van der Waals surface area contributed by atoms with Crippen LogP contribution in [0.15, 0.2) is 0 Å². The number of ketones is 2. The second-order valence-corrected chi connectivity index (χ2v) is 4.07. The molecule has 0 aliphatic heterocycles. The Bertz CT molecular complexity index is 309. The summed E-state index contributed by atoms with van der Waals surface area (Å²) in [5, 5.41) is 5.05. The van der Waals surface area contributed by atoms with Crippen molar-refractivity contribution in [2.45, 2.75) is 26.7 Å². The van der Waals surface area contributed by atoms with Gasteiger partial charge in [0.1, 0.15) is 11.6 Å². The molecular weight excluding hydrogens is 252 g/mol. The van der Waals surface area contributed by atoms with Crippen molar-refractivity contribution in [2.75, 3.05) is 26.3 Å². The van der Waals surface area contributed by atoms with Crippen molar-refractivity contribution in [3.05, 3.63) is 0 Å². The van der Waals surface area contributed by atoms with Crippen molar-refractivity contribution < 1.29 is 23.9 Å². The van der Waals surface area contributed by atoms with Crippen LogP contribution < -0.4 is 10.6 Å². The third-order valence-electron chi connectivity index (χ3n) is 1.96. The van der Waals surface area contributed by atoms with Crippen molar-refractivity contribution in [3.8, 4) is 0 Å². The van der Waals surface area contributed by atoms with Crippen molar-refractivity contribution in [2.24, 2.45) is 0 Å². The smallest absolute Gasteiger partial charge is 0.227 e. The predicted molar refractivity (Wildman–Crippen MR) is 67.4 cm³/mol. The van der Waals surface area contributed by atoms with Crippen LogP contribution >= 0.6 is 0 Å². The number of hydrogen-bond donors (Lipinski definition) is 2. The van der Waals surface area contributed by atoms with Crippen molar-refractivity contribution in [1.29, 1.82) is 0 Å². The minimum absolute atomic E-state index is 0.124. The Hall–Kier alpha value is -1.76. The molecule has 0 saturated carbocycles. The zero-order valence-corrected chi connectivity index (χ0v) is 11.3. The number of carbonyl (C=O) groups excluding carboxylic acids is 4. The SMILES string of the molecule is CC(=O)CC(=O)NCCOCCNC(=O)CC(C)=O. The second-order valence-electron chi connectivity index (χ2n) is 4.07. The lowest BCUT2D eigenvalue weighted by atomic mass is 10.3. The van der Waals surface area contributed by atoms with Gasteiger partial charge in [0, 0.05) is 13.1 Å². The van der Waals surface area contributed by atoms with Crippen LogP contribution in [0.3, 0.4) is 0 Å². The molecule has 0 unspecified atom stereocenters. The first-order valence-electron chi connectivity index (χ1n) is 6.02. The molecular formula is C12H20N2O5. The number of hydrogen-bond acceptors (Lipinski definition) is 5. The van der Waals surface area contributed by atoms with Crippen LogP contribution in [0, 0.1) is 0 Å². The van der Waals surface area contributed by atoms with Gasteiger partial charge in [-0.2, -0.15) is 0 Å². The largest absolute Gasteiger partial charge is 0.378 e. The molecule has 7 nitrogen and oxygen atoms in total. The van der Waals surface area contributed by atoms with Gasteiger partial charge in [0.25, 0.3) is 0 Å². The fourth-order valence-electron chi connectivity index (χ4n) is 1.20. The van der Waals surface area contributed by atoms with Crippen molar-refractivity contribution in [3.63, 3.8) is 0 Å². The summed E-state index contributed by atoms with van der Waals surface area (Å²) in [5.74, 6) is -1.03. The summed E-state index contributed by atoms with van der Waals surface area (Å²) in [6, 6.07) is 0. The number of rotatable bonds is 10. The number of carbonyl (C=O) groups is 4. The van der Waals surface area contributed by atoms with Gasteiger partial charge in [-0.15, -0.1) is 0 Å². The molecule has 19 heavy (non-hydrogen) atoms. The summed E-state index contributed by atoms with van der Waals surface area (Å²) in [6.07, 6.45) is -0.248. The van der Waals surface area contributed by atoms with E-state index in [0.717, 1.165) is 0 Å². The second kappa shape index (κ2) is 10.2. The third-order valence-corrected chi connectivity index (χ3v) is 1.96. The Morgan fingerprint density at radius 1 is 0.789 bits per heavy atom. The van der Waals surface area contributed by atoms with Gasteiger partial charge in [-0.1, -0.05) is 0 Å². The normalized spacial score (nSPS) is 9.79. The van der Waals surface area contributed by atoms with E-state index in [0.29, 0.717) is 26.3 Å². The summed E-state index contributed by atoms with van der Waals surface area (Å²) < 4.78 is 5.15. The van der Waals surface area contributed by atoms with E-state index in [1.807, 2.05) is 0 Å². The van der Waals surface area contributed by atoms with Crippen molar-refractivity contribution >= 4 is 23.4 Å². The Kier molecular flexibility index (Phi) is 9.25. The molecule has 0 aromatic carbocycles. The maximum atomic E-state index is 11.1. The van der Waals surface area contributed by atoms with Crippen LogP contribution in [-0.2, 0) is 23.9 Å². The quantitative estimate of drug-likeness (QED) is 0.400. The van der Waals surface area contributed by atoms with Crippen LogP contribution in [0.25, 0.3) is 0 Å². The minimum atomic E-state index is -0.328. The molecule has 0 aliphatic carbocycles. The Morgan fingerprint density at radius 2 is 1.16 bits per heavy atom. The van der Waals surface area contributed by atoms with Gasteiger partial charge in [0.2, 0.25) is 11.8 Å². The van der Waals surface area contributed by atoms with E-state index < -0.39 is 0 Å². The Labute approximate surface area is 112 Å². The van der Waals surface area contributed by atoms with Gasteiger partial charge in [-0.25, -0.2) is 0 Å². The van der Waals surface area contributed by atoms with Gasteiger partial charge in [0.15, 0.2) is 0 Å². The maximum Gasteiger partial charge on any atom is 0.227 e. The van der Waals surface area contributed by atoms with E-state index >= 15 is 0 Å². The highest BCUT2D eigenvalue weighted by molar-refractivity contribution is 5.97. The van der Waals surface area contributed by atoms with Gasteiger partial charge < -0.3 is 15.4 Å². The zero-order valence-electron chi connectivity index (χ0n) is 11.3. The van der Waals surface area contributed by atoms with Gasteiger partial charge in [-0.05, 0) is 13.8 Å². The maximum absolute atomic E-state index is 11.1. The van der Waals surface area contributed by atoms with E-state index in [2.05, 4.69) is 10.6 Å². The Balaban J connectivity index is 3.36. The van der Waals surface area contributed by atoms with Crippen LogP contribution in [0.5, 0.6) is 0 Å². The molecule has 0 spiro atoms. The first-order valence-corrected chi connectivity index (χ1v) is 6.02. The zero-order chi connectivity index (χ0) is 14.7. The summed E-state index contributed by atoms with van der Waals surface area (Å²) >= 11 is 0. The molecule has 0 aromatic heterocycles. The van der Waals surface area contributed by atoms with Crippen LogP contribution in [0.4, 0.5) is 0 Å². The Morgan fingerprint density at radius 3 is 1.47 bits per heavy atom. The monoisotopic (exact) mass is 272 g/mol. The molecule has 2 N–H and O–H groups in total. The summed E-state index contributed by atoms with van der Waals surface area (Å²) in [6.45, 7) is 3.92. The molecule has 0 aromatic rings. The minimum Gasteiger partial charge on any atom is -0.378 e. The topological polar surface area (TPSA) is 102 Å². The highest BCUT2D eigenvalue weighted by Gasteiger charge is 2.04. The lowest BCUT2D eigenvalue weighted by Gasteiger charge is -2.06. The van der Waals surface area contributed by atoms with Crippen LogP contribution in [0.1, 0.15) is 26.7 Å². The van der Waals surface area contributed by atoms with E-state index in [-0.39, 0.29) is 36.2 Å². The molecule has 0 heterocycles. The van der Waals surface area contributed by atoms with Crippen LogP contribution in [0.2, 0.25) is 0 Å². The average Bonchev–Trinajstić information content (AvgIpc) is 2.25. The van der Waals surface area contributed by atoms with E-state index in [1.54, 1.807) is 0 Å². The molecule has 7 heteroatoms. The molecule has 0 aliphatic rings. The van der Waals surface area contributed by atoms with Gasteiger partial charge in [-0.3, -0.25) is 19.2 Å². The lowest BCUT2D eigenvalue weighted by molar-refractivity contribution is -0.128. The highest BCUT2D eigenvalue weighted by Crippen LogP contribution is 1.83. The molecule has 0 rings (SSSR count). The first kappa shape index (κ1) is 17.2. The predicted octanol–water partition coefficient (Wildman–Crippen LogP) is -0.806. The summed E-state index contributed by atoms with van der Waals surface area (Å²) in [4.78, 5) is 43.3. The molecule has 0 bridgehead atoms. The molecule has 108 valence electrons. The summed E-state index contributed by atoms with van der Waals surface area (Å²) in [7, 11) is 0. The molecule has 0 atom stereocenters. The standard InChI is InChI=1S/C12H20N2O5/c1-9(15)7-11(17)13-3-5-19-6-4-14-12(18)8-10(2)16/h3-8H2,1-2H3,(H,13,17)(H,14,18). The fraction of sp³-hybridized carbons (Fsp3) is 0.667. The fourth-order valence-corrected chi connectivity index (χ4v) is 1.20. The number of nitrogens with one attached hydrogen (secondary N) is 2. The van der Waals surface area contributed by atoms with Gasteiger partial charge >= 0.3 is 0 Å². The van der Waals surface area contributed by atoms with E-state index in [9.17, 15) is 19.2 Å². The van der Waals surface area contributed by atoms with Crippen LogP contribution in [-0.4, -0.2) is 49.7 Å². The first-order chi connectivity index (χ1) is 8.91. The van der Waals surface area contributed by atoms with E-state index in [4.69, 9.17) is 4.74 Å². The number of Topliss-reactive ketones (excluding diaryl/α,β-unsaturated/α-hetero) is 2. The van der Waals surface area contributed by atoms with E-state index in [1.165, 1.54) is 13.8 Å². The number of amides is 2. The molecule has 0 saturated heterocycles. The molecule has 0 fully saturated rings. The summed E-state index contributed by atoms with van der Waals surface area (Å²) in [5.41, 5.74) is 0. The average molecular weight is 272 g/mol. The van der Waals surface area contributed by atoms with Crippen molar-refractivity contribution in [1.82, 2.24) is 10.6 Å². The third kappa shape index (κ3) is 12.5. The van der Waals surface area contributed by atoms with Gasteiger partial charge in [0.05, 0.1) is 26.1 Å². The highest BCUT2D eigenvalue weighted by atomic mass is 16.5. The number of ether oxygens (including phenoxy) is 1. The lowest BCUT2D eigenvalue weighted by Crippen LogP contribution is -2.31.